The van der Waals surface area contributed by atoms with Crippen molar-refractivity contribution in [3.05, 3.63) is 47.9 Å². The lowest BCUT2D eigenvalue weighted by molar-refractivity contribution is -0.137. The van der Waals surface area contributed by atoms with Gasteiger partial charge in [0.25, 0.3) is 0 Å². The molecule has 0 saturated heterocycles. The van der Waals surface area contributed by atoms with Gasteiger partial charge in [0.2, 0.25) is 5.91 Å². The molecule has 4 nitrogen and oxygen atoms in total. The van der Waals surface area contributed by atoms with Crippen molar-refractivity contribution < 1.29 is 18.0 Å². The van der Waals surface area contributed by atoms with Gasteiger partial charge < -0.3 is 5.32 Å². The summed E-state index contributed by atoms with van der Waals surface area (Å²) >= 11 is 1.35. The highest BCUT2D eigenvalue weighted by Gasteiger charge is 2.33. The summed E-state index contributed by atoms with van der Waals surface area (Å²) in [7, 11) is 0. The molecule has 0 atom stereocenters. The van der Waals surface area contributed by atoms with Crippen molar-refractivity contribution in [2.45, 2.75) is 24.5 Å². The van der Waals surface area contributed by atoms with Gasteiger partial charge in [-0.15, -0.1) is 11.8 Å². The van der Waals surface area contributed by atoms with Crippen LogP contribution in [0.1, 0.15) is 17.7 Å². The summed E-state index contributed by atoms with van der Waals surface area (Å²) in [6.45, 7) is 1.83. The normalized spacial score (nSPS) is 11.3. The fourth-order valence-corrected chi connectivity index (χ4v) is 2.68. The Balaban J connectivity index is 1.91. The highest BCUT2D eigenvalue weighted by atomic mass is 32.2. The Labute approximate surface area is 135 Å². The van der Waals surface area contributed by atoms with Crippen LogP contribution in [0.25, 0.3) is 0 Å². The summed E-state index contributed by atoms with van der Waals surface area (Å²) in [5.74, 6) is -0.0591. The van der Waals surface area contributed by atoms with Crippen molar-refractivity contribution in [3.63, 3.8) is 0 Å². The number of aryl methyl sites for hydroxylation is 1. The van der Waals surface area contributed by atoms with E-state index in [2.05, 4.69) is 15.3 Å². The topological polar surface area (TPSA) is 54.9 Å². The van der Waals surface area contributed by atoms with Gasteiger partial charge in [-0.1, -0.05) is 12.1 Å². The van der Waals surface area contributed by atoms with E-state index in [1.807, 2.05) is 6.92 Å². The molecule has 122 valence electrons. The van der Waals surface area contributed by atoms with Gasteiger partial charge in [-0.2, -0.15) is 13.2 Å². The lowest BCUT2D eigenvalue weighted by Gasteiger charge is -2.13. The maximum atomic E-state index is 12.8. The molecule has 2 rings (SSSR count). The Morgan fingerprint density at radius 1 is 1.26 bits per heavy atom. The van der Waals surface area contributed by atoms with E-state index < -0.39 is 17.6 Å². The number of hydrogen-bond acceptors (Lipinski definition) is 4. The van der Waals surface area contributed by atoms with E-state index in [-0.39, 0.29) is 12.1 Å². The number of nitrogens with one attached hydrogen (secondary N) is 1. The maximum Gasteiger partial charge on any atom is 0.418 e. The first-order chi connectivity index (χ1) is 10.9. The molecule has 0 saturated carbocycles. The van der Waals surface area contributed by atoms with Crippen molar-refractivity contribution in [2.75, 3.05) is 11.1 Å². The predicted molar refractivity (Wildman–Crippen MR) is 82.2 cm³/mol. The average molecular weight is 341 g/mol. The van der Waals surface area contributed by atoms with Crippen LogP contribution in [0.15, 0.2) is 41.7 Å². The smallest absolute Gasteiger partial charge is 0.325 e. The molecule has 1 aromatic heterocycles. The molecule has 0 fully saturated rings. The number of aromatic nitrogens is 2. The number of thioether (sulfide) groups is 1. The molecule has 1 aromatic carbocycles. The minimum Gasteiger partial charge on any atom is -0.325 e. The Bertz CT molecular complexity index is 692. The number of amides is 1. The highest BCUT2D eigenvalue weighted by molar-refractivity contribution is 7.99. The summed E-state index contributed by atoms with van der Waals surface area (Å²) in [6, 6.07) is 6.69. The molecule has 1 heterocycles. The lowest BCUT2D eigenvalue weighted by atomic mass is 10.1. The Kier molecular flexibility index (Phi) is 5.59. The van der Waals surface area contributed by atoms with Gasteiger partial charge >= 0.3 is 6.18 Å². The monoisotopic (exact) mass is 341 g/mol. The molecule has 0 spiro atoms. The van der Waals surface area contributed by atoms with E-state index in [4.69, 9.17) is 0 Å². The second-order valence-corrected chi connectivity index (χ2v) is 5.80. The molecule has 0 bridgehead atoms. The molecule has 0 aliphatic rings. The van der Waals surface area contributed by atoms with Crippen LogP contribution < -0.4 is 5.32 Å². The number of nitrogens with zero attached hydrogens (tertiary/aromatic N) is 2. The van der Waals surface area contributed by atoms with E-state index >= 15 is 0 Å². The third-order valence-electron chi connectivity index (χ3n) is 2.86. The number of carbonyl (C=O) groups is 1. The van der Waals surface area contributed by atoms with Crippen molar-refractivity contribution in [1.29, 1.82) is 0 Å². The zero-order valence-corrected chi connectivity index (χ0v) is 13.0. The molecule has 8 heteroatoms. The minimum atomic E-state index is -4.50. The van der Waals surface area contributed by atoms with Crippen LogP contribution in [0, 0.1) is 6.92 Å². The fraction of sp³-hybridized carbons (Fsp3) is 0.267. The lowest BCUT2D eigenvalue weighted by Crippen LogP contribution is -2.16. The number of halogens is 3. The van der Waals surface area contributed by atoms with Crippen LogP contribution in [0.2, 0.25) is 0 Å². The first kappa shape index (κ1) is 17.3. The van der Waals surface area contributed by atoms with E-state index in [9.17, 15) is 18.0 Å². The highest BCUT2D eigenvalue weighted by Crippen LogP contribution is 2.34. The van der Waals surface area contributed by atoms with Crippen molar-refractivity contribution in [3.8, 4) is 0 Å². The summed E-state index contributed by atoms with van der Waals surface area (Å²) in [5.41, 5.74) is -0.272. The molecule has 0 unspecified atom stereocenters. The Morgan fingerprint density at radius 2 is 2.00 bits per heavy atom. The summed E-state index contributed by atoms with van der Waals surface area (Å²) < 4.78 is 38.5. The van der Waals surface area contributed by atoms with Gasteiger partial charge in [0.05, 0.1) is 16.3 Å². The predicted octanol–water partition coefficient (Wildman–Crippen LogP) is 3.92. The van der Waals surface area contributed by atoms with Crippen LogP contribution in [0.4, 0.5) is 18.9 Å². The molecule has 0 radical (unpaired) electrons. The third-order valence-corrected chi connectivity index (χ3v) is 3.79. The first-order valence-corrected chi connectivity index (χ1v) is 7.72. The maximum absolute atomic E-state index is 12.8. The van der Waals surface area contributed by atoms with Gasteiger partial charge in [-0.25, -0.2) is 9.97 Å². The largest absolute Gasteiger partial charge is 0.418 e. The first-order valence-electron chi connectivity index (χ1n) is 6.74. The van der Waals surface area contributed by atoms with Crippen LogP contribution in [-0.2, 0) is 11.0 Å². The zero-order chi connectivity index (χ0) is 16.9. The molecule has 0 aliphatic carbocycles. The van der Waals surface area contributed by atoms with Gasteiger partial charge in [-0.3, -0.25) is 4.79 Å². The zero-order valence-electron chi connectivity index (χ0n) is 12.2. The van der Waals surface area contributed by atoms with Crippen LogP contribution in [0.5, 0.6) is 0 Å². The summed E-state index contributed by atoms with van der Waals surface area (Å²) in [4.78, 5) is 19.8. The number of rotatable bonds is 5. The number of para-hydroxylation sites is 1. The van der Waals surface area contributed by atoms with Crippen molar-refractivity contribution in [2.24, 2.45) is 0 Å². The van der Waals surface area contributed by atoms with Gasteiger partial charge in [0.1, 0.15) is 6.33 Å². The van der Waals surface area contributed by atoms with Gasteiger partial charge in [0, 0.05) is 17.9 Å². The molecule has 23 heavy (non-hydrogen) atoms. The molecule has 0 aliphatic heterocycles. The molecular formula is C15H14F3N3OS. The molecule has 1 amide bonds. The van der Waals surface area contributed by atoms with Gasteiger partial charge in [-0.05, 0) is 25.1 Å². The van der Waals surface area contributed by atoms with Crippen molar-refractivity contribution >= 4 is 23.4 Å². The average Bonchev–Trinajstić information content (AvgIpc) is 2.47. The molecule has 2 aromatic rings. The number of carbonyl (C=O) groups excluding carboxylic acids is 1. The third kappa shape index (κ3) is 5.24. The Hall–Kier alpha value is -2.09. The van der Waals surface area contributed by atoms with Crippen LogP contribution >= 0.6 is 11.8 Å². The quantitative estimate of drug-likeness (QED) is 0.661. The number of hydrogen-bond donors (Lipinski definition) is 1. The number of anilines is 1. The van der Waals surface area contributed by atoms with Crippen LogP contribution in [-0.4, -0.2) is 21.6 Å². The molecule has 1 N–H and O–H groups in total. The van der Waals surface area contributed by atoms with Gasteiger partial charge in [0.15, 0.2) is 0 Å². The molecular weight excluding hydrogens is 327 g/mol. The number of benzene rings is 1. The fourth-order valence-electron chi connectivity index (χ4n) is 1.81. The van der Waals surface area contributed by atoms with E-state index in [1.54, 1.807) is 6.07 Å². The van der Waals surface area contributed by atoms with E-state index in [0.717, 1.165) is 16.8 Å². The number of alkyl halides is 3. The SMILES string of the molecule is Cc1cc(SCCC(=O)Nc2ccccc2C(F)(F)F)ncn1. The summed E-state index contributed by atoms with van der Waals surface area (Å²) in [6.07, 6.45) is -2.99. The van der Waals surface area contributed by atoms with Crippen molar-refractivity contribution in [1.82, 2.24) is 9.97 Å². The van der Waals surface area contributed by atoms with E-state index in [0.29, 0.717) is 5.75 Å². The summed E-state index contributed by atoms with van der Waals surface area (Å²) in [5, 5.41) is 3.03. The minimum absolute atomic E-state index is 0.0832. The van der Waals surface area contributed by atoms with Crippen LogP contribution in [0.3, 0.4) is 0 Å². The standard InChI is InChI=1S/C15H14F3N3OS/c1-10-8-14(20-9-19-10)23-7-6-13(22)21-12-5-3-2-4-11(12)15(16,17)18/h2-5,8-9H,6-7H2,1H3,(H,21,22). The van der Waals surface area contributed by atoms with E-state index in [1.165, 1.54) is 36.3 Å². The second-order valence-electron chi connectivity index (χ2n) is 4.69. The second kappa shape index (κ2) is 7.45. The Morgan fingerprint density at radius 3 is 2.70 bits per heavy atom.